The molecule has 15 heavy (non-hydrogen) atoms. The van der Waals surface area contributed by atoms with Gasteiger partial charge in [0.1, 0.15) is 0 Å². The molecule has 0 aliphatic rings. The fraction of sp³-hybridized carbons (Fsp3) is 0.200. The molecule has 0 fully saturated rings. The zero-order chi connectivity index (χ0) is 10.7. The fourth-order valence-corrected chi connectivity index (χ4v) is 1.32. The van der Waals surface area contributed by atoms with Crippen molar-refractivity contribution in [1.82, 2.24) is 15.5 Å². The van der Waals surface area contributed by atoms with Crippen LogP contribution in [0.5, 0.6) is 0 Å². The van der Waals surface area contributed by atoms with E-state index in [4.69, 9.17) is 16.1 Å². The highest BCUT2D eigenvalue weighted by Gasteiger charge is 2.07. The second-order valence-electron chi connectivity index (χ2n) is 3.05. The van der Waals surface area contributed by atoms with Crippen molar-refractivity contribution in [3.8, 4) is 11.5 Å². The van der Waals surface area contributed by atoms with Gasteiger partial charge in [-0.1, -0.05) is 16.8 Å². The number of benzene rings is 1. The zero-order valence-electron chi connectivity index (χ0n) is 8.20. The predicted molar refractivity (Wildman–Crippen MR) is 57.5 cm³/mol. The first-order valence-corrected chi connectivity index (χ1v) is 4.90. The maximum atomic E-state index is 5.78. The van der Waals surface area contributed by atoms with Gasteiger partial charge in [0.2, 0.25) is 0 Å². The Kier molecular flexibility index (Phi) is 2.99. The molecule has 0 atom stereocenters. The highest BCUT2D eigenvalue weighted by atomic mass is 35.5. The standard InChI is InChI=1S/C10H10ClN3O/c1-12-6-9-13-10(15-14-9)7-2-4-8(11)5-3-7/h2-5,12H,6H2,1H3. The molecule has 0 spiro atoms. The van der Waals surface area contributed by atoms with Gasteiger partial charge < -0.3 is 9.84 Å². The summed E-state index contributed by atoms with van der Waals surface area (Å²) in [6.07, 6.45) is 0. The van der Waals surface area contributed by atoms with Crippen molar-refractivity contribution < 1.29 is 4.52 Å². The number of nitrogens with zero attached hydrogens (tertiary/aromatic N) is 2. The van der Waals surface area contributed by atoms with E-state index in [1.165, 1.54) is 0 Å². The summed E-state index contributed by atoms with van der Waals surface area (Å²) in [5, 5.41) is 7.46. The largest absolute Gasteiger partial charge is 0.334 e. The summed E-state index contributed by atoms with van der Waals surface area (Å²) in [7, 11) is 1.83. The third-order valence-electron chi connectivity index (χ3n) is 1.89. The molecule has 5 heteroatoms. The van der Waals surface area contributed by atoms with Crippen LogP contribution in [0.4, 0.5) is 0 Å². The number of halogens is 1. The minimum absolute atomic E-state index is 0.511. The Morgan fingerprint density at radius 2 is 2.07 bits per heavy atom. The van der Waals surface area contributed by atoms with Crippen molar-refractivity contribution in [2.24, 2.45) is 0 Å². The Bertz CT molecular complexity index is 438. The van der Waals surface area contributed by atoms with E-state index in [1.807, 2.05) is 19.2 Å². The van der Waals surface area contributed by atoms with Gasteiger partial charge in [-0.3, -0.25) is 0 Å². The van der Waals surface area contributed by atoms with Crippen LogP contribution >= 0.6 is 11.6 Å². The molecule has 2 aromatic rings. The van der Waals surface area contributed by atoms with Crippen LogP contribution in [0.3, 0.4) is 0 Å². The summed E-state index contributed by atoms with van der Waals surface area (Å²) in [6.45, 7) is 0.594. The minimum Gasteiger partial charge on any atom is -0.334 e. The van der Waals surface area contributed by atoms with Crippen LogP contribution in [0.2, 0.25) is 5.02 Å². The summed E-state index contributed by atoms with van der Waals surface area (Å²) in [4.78, 5) is 4.22. The van der Waals surface area contributed by atoms with Gasteiger partial charge in [0.15, 0.2) is 5.82 Å². The quantitative estimate of drug-likeness (QED) is 0.866. The normalized spacial score (nSPS) is 10.5. The van der Waals surface area contributed by atoms with E-state index in [1.54, 1.807) is 12.1 Å². The highest BCUT2D eigenvalue weighted by molar-refractivity contribution is 6.30. The summed E-state index contributed by atoms with van der Waals surface area (Å²) < 4.78 is 5.10. The van der Waals surface area contributed by atoms with Crippen LogP contribution in [0, 0.1) is 0 Å². The van der Waals surface area contributed by atoms with E-state index in [9.17, 15) is 0 Å². The molecule has 0 aliphatic carbocycles. The van der Waals surface area contributed by atoms with Gasteiger partial charge in [0.25, 0.3) is 5.89 Å². The summed E-state index contributed by atoms with van der Waals surface area (Å²) >= 11 is 5.78. The topological polar surface area (TPSA) is 51.0 Å². The number of rotatable bonds is 3. The second-order valence-corrected chi connectivity index (χ2v) is 3.49. The van der Waals surface area contributed by atoms with Crippen LogP contribution in [0.15, 0.2) is 28.8 Å². The molecule has 78 valence electrons. The molecule has 0 saturated heterocycles. The lowest BCUT2D eigenvalue weighted by molar-refractivity contribution is 0.420. The Morgan fingerprint density at radius 1 is 1.33 bits per heavy atom. The lowest BCUT2D eigenvalue weighted by Gasteiger charge is -1.93. The van der Waals surface area contributed by atoms with Crippen LogP contribution in [0.25, 0.3) is 11.5 Å². The monoisotopic (exact) mass is 223 g/mol. The van der Waals surface area contributed by atoms with E-state index in [0.29, 0.717) is 23.3 Å². The van der Waals surface area contributed by atoms with Crippen LogP contribution in [-0.2, 0) is 6.54 Å². The Hall–Kier alpha value is -1.39. The maximum absolute atomic E-state index is 5.78. The van der Waals surface area contributed by atoms with Crippen LogP contribution < -0.4 is 5.32 Å². The molecule has 4 nitrogen and oxygen atoms in total. The van der Waals surface area contributed by atoms with E-state index >= 15 is 0 Å². The first-order chi connectivity index (χ1) is 7.29. The van der Waals surface area contributed by atoms with Gasteiger partial charge in [0.05, 0.1) is 6.54 Å². The summed E-state index contributed by atoms with van der Waals surface area (Å²) in [5.74, 6) is 1.15. The lowest BCUT2D eigenvalue weighted by atomic mass is 10.2. The second kappa shape index (κ2) is 4.42. The lowest BCUT2D eigenvalue weighted by Crippen LogP contribution is -2.06. The molecule has 0 saturated carbocycles. The third-order valence-corrected chi connectivity index (χ3v) is 2.15. The van der Waals surface area contributed by atoms with Gasteiger partial charge in [-0.2, -0.15) is 4.98 Å². The van der Waals surface area contributed by atoms with Crippen molar-refractivity contribution in [2.45, 2.75) is 6.54 Å². The summed E-state index contributed by atoms with van der Waals surface area (Å²) in [6, 6.07) is 7.27. The molecule has 1 heterocycles. The molecule has 2 rings (SSSR count). The van der Waals surface area contributed by atoms with Gasteiger partial charge in [-0.25, -0.2) is 0 Å². The average Bonchev–Trinajstić information content (AvgIpc) is 2.68. The number of aromatic nitrogens is 2. The fourth-order valence-electron chi connectivity index (χ4n) is 1.19. The first kappa shape index (κ1) is 10.1. The van der Waals surface area contributed by atoms with Gasteiger partial charge in [-0.15, -0.1) is 0 Å². The third kappa shape index (κ3) is 2.34. The Labute approximate surface area is 92.3 Å². The number of hydrogen-bond acceptors (Lipinski definition) is 4. The number of nitrogens with one attached hydrogen (secondary N) is 1. The van der Waals surface area contributed by atoms with Crippen molar-refractivity contribution in [1.29, 1.82) is 0 Å². The van der Waals surface area contributed by atoms with E-state index in [0.717, 1.165) is 5.56 Å². The maximum Gasteiger partial charge on any atom is 0.257 e. The minimum atomic E-state index is 0.511. The van der Waals surface area contributed by atoms with Crippen molar-refractivity contribution >= 4 is 11.6 Å². The first-order valence-electron chi connectivity index (χ1n) is 4.52. The SMILES string of the molecule is CNCc1noc(-c2ccc(Cl)cc2)n1. The molecule has 0 radical (unpaired) electrons. The van der Waals surface area contributed by atoms with E-state index in [-0.39, 0.29) is 0 Å². The molecular formula is C10H10ClN3O. The molecule has 1 aromatic heterocycles. The van der Waals surface area contributed by atoms with Gasteiger partial charge in [-0.05, 0) is 31.3 Å². The molecular weight excluding hydrogens is 214 g/mol. The van der Waals surface area contributed by atoms with Crippen molar-refractivity contribution in [3.63, 3.8) is 0 Å². The molecule has 1 aromatic carbocycles. The smallest absolute Gasteiger partial charge is 0.257 e. The highest BCUT2D eigenvalue weighted by Crippen LogP contribution is 2.19. The Balaban J connectivity index is 2.25. The molecule has 0 aliphatic heterocycles. The molecule has 0 amide bonds. The van der Waals surface area contributed by atoms with Crippen LogP contribution in [0.1, 0.15) is 5.82 Å². The van der Waals surface area contributed by atoms with Gasteiger partial charge in [0, 0.05) is 10.6 Å². The Morgan fingerprint density at radius 3 is 2.73 bits per heavy atom. The molecule has 0 unspecified atom stereocenters. The van der Waals surface area contributed by atoms with E-state index < -0.39 is 0 Å². The van der Waals surface area contributed by atoms with Crippen molar-refractivity contribution in [3.05, 3.63) is 35.1 Å². The van der Waals surface area contributed by atoms with Crippen molar-refractivity contribution in [2.75, 3.05) is 7.05 Å². The van der Waals surface area contributed by atoms with E-state index in [2.05, 4.69) is 15.5 Å². The predicted octanol–water partition coefficient (Wildman–Crippen LogP) is 2.11. The van der Waals surface area contributed by atoms with Crippen LogP contribution in [-0.4, -0.2) is 17.2 Å². The number of hydrogen-bond donors (Lipinski definition) is 1. The van der Waals surface area contributed by atoms with Gasteiger partial charge >= 0.3 is 0 Å². The molecule has 0 bridgehead atoms. The zero-order valence-corrected chi connectivity index (χ0v) is 8.95. The summed E-state index contributed by atoms with van der Waals surface area (Å²) in [5.41, 5.74) is 0.870. The molecule has 1 N–H and O–H groups in total. The average molecular weight is 224 g/mol.